The fraction of sp³-hybridized carbons (Fsp3) is 0.214. The molecule has 0 saturated heterocycles. The molecule has 0 heterocycles. The van der Waals surface area contributed by atoms with Crippen molar-refractivity contribution in [2.24, 2.45) is 0 Å². The van der Waals surface area contributed by atoms with E-state index in [0.717, 1.165) is 5.56 Å². The Bertz CT molecular complexity index is 363. The van der Waals surface area contributed by atoms with Crippen molar-refractivity contribution in [1.82, 2.24) is 0 Å². The van der Waals surface area contributed by atoms with E-state index in [-0.39, 0.29) is 5.41 Å². The molecule has 0 spiro atoms. The van der Waals surface area contributed by atoms with Crippen LogP contribution in [-0.2, 0) is 22.4 Å². The standard InChI is InChI=1S/C14H15O.2ClH.Ti/c1-14(2,11-7-3-4-8-11)12-9-5-6-10-13(12)15;;;/h3-10,15H,1-2H3;2*1H;/q;;;+2/p-2. The molecule has 0 aromatic heterocycles. The molecule has 1 nitrogen and oxygen atoms in total. The second-order valence-electron chi connectivity index (χ2n) is 4.39. The molecule has 1 saturated carbocycles. The monoisotopic (exact) mass is 317 g/mol. The molecule has 18 heavy (non-hydrogen) atoms. The van der Waals surface area contributed by atoms with E-state index in [0.29, 0.717) is 5.75 Å². The van der Waals surface area contributed by atoms with Crippen molar-refractivity contribution in [3.05, 3.63) is 61.4 Å². The van der Waals surface area contributed by atoms with Gasteiger partial charge in [-0.1, -0.05) is 32.0 Å². The van der Waals surface area contributed by atoms with Crippen LogP contribution in [0.2, 0.25) is 0 Å². The summed E-state index contributed by atoms with van der Waals surface area (Å²) in [6.07, 6.45) is 8.23. The van der Waals surface area contributed by atoms with E-state index >= 15 is 0 Å². The second kappa shape index (κ2) is 7.80. The zero-order valence-corrected chi connectivity index (χ0v) is 13.4. The average molecular weight is 318 g/mol. The number of hydrogen-bond acceptors (Lipinski definition) is 1. The Morgan fingerprint density at radius 2 is 1.56 bits per heavy atom. The third kappa shape index (κ3) is 4.16. The zero-order valence-electron chi connectivity index (χ0n) is 10.3. The fourth-order valence-electron chi connectivity index (χ4n) is 1.95. The summed E-state index contributed by atoms with van der Waals surface area (Å²) >= 11 is -0.556. The predicted molar refractivity (Wildman–Crippen MR) is 73.3 cm³/mol. The van der Waals surface area contributed by atoms with Crippen molar-refractivity contribution >= 4 is 18.6 Å². The molecule has 1 fully saturated rings. The number of para-hydroxylation sites is 1. The van der Waals surface area contributed by atoms with Gasteiger partial charge in [-0.3, -0.25) is 0 Å². The minimum absolute atomic E-state index is 0.144. The Morgan fingerprint density at radius 3 is 2.06 bits per heavy atom. The number of aromatic hydroxyl groups is 1. The molecule has 1 aromatic carbocycles. The molecule has 95 valence electrons. The van der Waals surface area contributed by atoms with Crippen LogP contribution < -0.4 is 0 Å². The van der Waals surface area contributed by atoms with Crippen LogP contribution >= 0.6 is 18.6 Å². The van der Waals surface area contributed by atoms with Crippen LogP contribution in [0.15, 0.2) is 24.3 Å². The first-order chi connectivity index (χ1) is 8.54. The van der Waals surface area contributed by atoms with Gasteiger partial charge in [-0.25, -0.2) is 0 Å². The van der Waals surface area contributed by atoms with Gasteiger partial charge < -0.3 is 5.11 Å². The summed E-state index contributed by atoms with van der Waals surface area (Å²) in [7, 11) is 9.78. The SMILES string of the molecule is CC(C)([C]1[CH][CH][CH][CH]1)c1ccccc1O.[Cl][Ti][Cl]. The molecular weight excluding hydrogens is 303 g/mol. The molecule has 5 radical (unpaired) electrons. The van der Waals surface area contributed by atoms with E-state index < -0.39 is 17.0 Å². The zero-order chi connectivity index (χ0) is 13.6. The van der Waals surface area contributed by atoms with E-state index in [1.54, 1.807) is 6.07 Å². The van der Waals surface area contributed by atoms with Gasteiger partial charge in [-0.2, -0.15) is 0 Å². The fourth-order valence-corrected chi connectivity index (χ4v) is 1.95. The molecule has 1 aromatic rings. The van der Waals surface area contributed by atoms with Gasteiger partial charge in [0, 0.05) is 11.0 Å². The number of phenols is 1. The predicted octanol–water partition coefficient (Wildman–Crippen LogP) is 4.45. The summed E-state index contributed by atoms with van der Waals surface area (Å²) in [6, 6.07) is 7.52. The molecule has 0 bridgehead atoms. The maximum absolute atomic E-state index is 9.84. The molecule has 0 unspecified atom stereocenters. The summed E-state index contributed by atoms with van der Waals surface area (Å²) in [4.78, 5) is 0. The van der Waals surface area contributed by atoms with Gasteiger partial charge in [0.2, 0.25) is 0 Å². The molecular formula is C14H15Cl2OTi. The second-order valence-corrected chi connectivity index (χ2v) is 6.97. The number of benzene rings is 1. The maximum atomic E-state index is 9.84. The van der Waals surface area contributed by atoms with E-state index in [1.165, 1.54) is 5.92 Å². The summed E-state index contributed by atoms with van der Waals surface area (Å²) in [6.45, 7) is 4.24. The Balaban J connectivity index is 0.000000492. The summed E-state index contributed by atoms with van der Waals surface area (Å²) in [5.41, 5.74) is 0.825. The Morgan fingerprint density at radius 1 is 1.06 bits per heavy atom. The van der Waals surface area contributed by atoms with Crippen LogP contribution in [0.5, 0.6) is 5.75 Å². The molecule has 1 aliphatic rings. The topological polar surface area (TPSA) is 20.2 Å². The van der Waals surface area contributed by atoms with Gasteiger partial charge in [-0.05, 0) is 37.7 Å². The van der Waals surface area contributed by atoms with Gasteiger partial charge in [-0.15, -0.1) is 0 Å². The van der Waals surface area contributed by atoms with Crippen LogP contribution in [0.1, 0.15) is 19.4 Å². The molecule has 0 aliphatic heterocycles. The van der Waals surface area contributed by atoms with Crippen LogP contribution in [0.25, 0.3) is 0 Å². The number of phenolic OH excluding ortho intramolecular Hbond substituents is 1. The third-order valence-electron chi connectivity index (χ3n) is 2.96. The Kier molecular flexibility index (Phi) is 7.09. The summed E-state index contributed by atoms with van der Waals surface area (Å²) in [5.74, 6) is 1.59. The first kappa shape index (κ1) is 16.4. The van der Waals surface area contributed by atoms with Gasteiger partial charge in [0.1, 0.15) is 5.75 Å². The van der Waals surface area contributed by atoms with E-state index in [9.17, 15) is 5.11 Å². The van der Waals surface area contributed by atoms with Gasteiger partial charge in [0.15, 0.2) is 0 Å². The van der Waals surface area contributed by atoms with E-state index in [2.05, 4.69) is 26.7 Å². The van der Waals surface area contributed by atoms with Crippen molar-refractivity contribution in [3.8, 4) is 5.75 Å². The van der Waals surface area contributed by atoms with Crippen molar-refractivity contribution in [2.75, 3.05) is 0 Å². The van der Waals surface area contributed by atoms with Crippen LogP contribution in [-0.4, -0.2) is 5.11 Å². The van der Waals surface area contributed by atoms with Gasteiger partial charge in [0.25, 0.3) is 0 Å². The van der Waals surface area contributed by atoms with Gasteiger partial charge >= 0.3 is 35.6 Å². The number of halogens is 2. The quantitative estimate of drug-likeness (QED) is 0.799. The number of rotatable bonds is 2. The van der Waals surface area contributed by atoms with Crippen LogP contribution in [0.3, 0.4) is 0 Å². The molecule has 2 rings (SSSR count). The van der Waals surface area contributed by atoms with Crippen molar-refractivity contribution in [2.45, 2.75) is 19.3 Å². The van der Waals surface area contributed by atoms with Crippen molar-refractivity contribution in [1.29, 1.82) is 0 Å². The van der Waals surface area contributed by atoms with Crippen molar-refractivity contribution in [3.63, 3.8) is 0 Å². The van der Waals surface area contributed by atoms with Crippen molar-refractivity contribution < 1.29 is 22.1 Å². The van der Waals surface area contributed by atoms with Crippen LogP contribution in [0.4, 0.5) is 0 Å². The molecule has 4 heteroatoms. The van der Waals surface area contributed by atoms with Crippen LogP contribution in [0, 0.1) is 31.6 Å². The van der Waals surface area contributed by atoms with E-state index in [1.807, 2.05) is 31.0 Å². The molecule has 1 N–H and O–H groups in total. The average Bonchev–Trinajstić information content (AvgIpc) is 2.84. The Hall–Kier alpha value is 0.314. The third-order valence-corrected chi connectivity index (χ3v) is 2.96. The van der Waals surface area contributed by atoms with Gasteiger partial charge in [0.05, 0.1) is 0 Å². The molecule has 1 aliphatic carbocycles. The summed E-state index contributed by atoms with van der Waals surface area (Å²) in [5, 5.41) is 9.84. The first-order valence-electron chi connectivity index (χ1n) is 5.51. The van der Waals surface area contributed by atoms with E-state index in [4.69, 9.17) is 18.6 Å². The first-order valence-corrected chi connectivity index (χ1v) is 9.80. The minimum atomic E-state index is -0.556. The normalized spacial score (nSPS) is 16.0. The molecule has 0 atom stereocenters. The number of hydrogen-bond donors (Lipinski definition) is 1. The Labute approximate surface area is 127 Å². The summed E-state index contributed by atoms with van der Waals surface area (Å²) < 4.78 is 0. The molecule has 0 amide bonds.